The van der Waals surface area contributed by atoms with E-state index < -0.39 is 0 Å². The lowest BCUT2D eigenvalue weighted by Gasteiger charge is -2.32. The molecule has 1 N–H and O–H groups in total. The van der Waals surface area contributed by atoms with Crippen LogP contribution in [-0.4, -0.2) is 50.9 Å². The minimum atomic E-state index is 0.229. The second-order valence-corrected chi connectivity index (χ2v) is 9.51. The highest BCUT2D eigenvalue weighted by Gasteiger charge is 2.27. The van der Waals surface area contributed by atoms with E-state index in [0.717, 1.165) is 47.5 Å². The van der Waals surface area contributed by atoms with Crippen LogP contribution in [0.3, 0.4) is 0 Å². The van der Waals surface area contributed by atoms with Crippen LogP contribution in [-0.2, 0) is 19.9 Å². The zero-order valence-corrected chi connectivity index (χ0v) is 18.1. The first-order chi connectivity index (χ1) is 14.1. The van der Waals surface area contributed by atoms with Crippen LogP contribution in [0.15, 0.2) is 12.4 Å². The lowest BCUT2D eigenvalue weighted by Crippen LogP contribution is -2.35. The highest BCUT2D eigenvalue weighted by atomic mass is 32.1. The molecule has 0 spiro atoms. The number of thiophene rings is 1. The fourth-order valence-corrected chi connectivity index (χ4v) is 5.81. The Morgan fingerprint density at radius 1 is 1.17 bits per heavy atom. The molecule has 3 aromatic heterocycles. The van der Waals surface area contributed by atoms with E-state index in [1.54, 1.807) is 22.2 Å². The minimum Gasteiger partial charge on any atom is -0.474 e. The van der Waals surface area contributed by atoms with Crippen LogP contribution in [0.1, 0.15) is 42.5 Å². The van der Waals surface area contributed by atoms with Crippen molar-refractivity contribution in [1.29, 1.82) is 0 Å². The molecule has 29 heavy (non-hydrogen) atoms. The summed E-state index contributed by atoms with van der Waals surface area (Å²) in [6.45, 7) is 0. The SMILES string of the molecule is Cn1cc(Nc2nc(O[C@H]3CC[C@H](N(C)C)CC3)c3c4c(sc3n2)CCC4)cn1. The molecule has 0 atom stereocenters. The van der Waals surface area contributed by atoms with Crippen LogP contribution in [0.5, 0.6) is 5.88 Å². The molecule has 2 aliphatic rings. The molecular weight excluding hydrogens is 384 g/mol. The molecule has 1 fully saturated rings. The summed E-state index contributed by atoms with van der Waals surface area (Å²) in [4.78, 5) is 14.4. The highest BCUT2D eigenvalue weighted by Crippen LogP contribution is 2.42. The normalized spacial score (nSPS) is 21.7. The summed E-state index contributed by atoms with van der Waals surface area (Å²) in [5.74, 6) is 1.34. The van der Waals surface area contributed by atoms with Crippen molar-refractivity contribution < 1.29 is 4.74 Å². The van der Waals surface area contributed by atoms with E-state index in [-0.39, 0.29) is 6.10 Å². The highest BCUT2D eigenvalue weighted by molar-refractivity contribution is 7.19. The summed E-state index contributed by atoms with van der Waals surface area (Å²) in [5, 5.41) is 8.66. The van der Waals surface area contributed by atoms with E-state index in [1.807, 2.05) is 13.2 Å². The first kappa shape index (κ1) is 18.8. The van der Waals surface area contributed by atoms with Gasteiger partial charge in [0.2, 0.25) is 11.8 Å². The Balaban J connectivity index is 1.45. The first-order valence-electron chi connectivity index (χ1n) is 10.5. The van der Waals surface area contributed by atoms with Crippen LogP contribution in [0.2, 0.25) is 0 Å². The third kappa shape index (κ3) is 3.71. The first-order valence-corrected chi connectivity index (χ1v) is 11.3. The molecule has 3 heterocycles. The molecule has 8 heteroatoms. The quantitative estimate of drug-likeness (QED) is 0.685. The van der Waals surface area contributed by atoms with E-state index >= 15 is 0 Å². The predicted molar refractivity (Wildman–Crippen MR) is 116 cm³/mol. The number of nitrogens with one attached hydrogen (secondary N) is 1. The standard InChI is InChI=1S/C21H28N6OS/c1-26(2)14-7-9-15(10-8-14)28-19-18-16-5-4-6-17(16)29-20(18)25-21(24-19)23-13-11-22-27(3)12-13/h11-12,14-15H,4-10H2,1-3H3,(H,23,24,25)/t14-,15-. The molecule has 1 saturated carbocycles. The Bertz CT molecular complexity index is 1020. The molecule has 5 rings (SSSR count). The second kappa shape index (κ2) is 7.57. The molecule has 0 amide bonds. The molecule has 0 radical (unpaired) electrons. The molecule has 0 aromatic carbocycles. The smallest absolute Gasteiger partial charge is 0.232 e. The molecular formula is C21H28N6OS. The number of rotatable bonds is 5. The van der Waals surface area contributed by atoms with Gasteiger partial charge in [0.15, 0.2) is 0 Å². The van der Waals surface area contributed by atoms with E-state index in [4.69, 9.17) is 14.7 Å². The van der Waals surface area contributed by atoms with Crippen molar-refractivity contribution in [2.24, 2.45) is 7.05 Å². The lowest BCUT2D eigenvalue weighted by molar-refractivity contribution is 0.109. The van der Waals surface area contributed by atoms with E-state index in [1.165, 1.54) is 29.7 Å². The van der Waals surface area contributed by atoms with E-state index in [0.29, 0.717) is 12.0 Å². The number of hydrogen-bond donors (Lipinski definition) is 1. The van der Waals surface area contributed by atoms with Gasteiger partial charge in [-0.05, 0) is 64.6 Å². The number of ether oxygens (including phenoxy) is 1. The van der Waals surface area contributed by atoms with Gasteiger partial charge in [0, 0.05) is 24.2 Å². The summed E-state index contributed by atoms with van der Waals surface area (Å²) >= 11 is 1.80. The van der Waals surface area contributed by atoms with Crippen LogP contribution in [0.25, 0.3) is 10.2 Å². The van der Waals surface area contributed by atoms with Gasteiger partial charge >= 0.3 is 0 Å². The van der Waals surface area contributed by atoms with Crippen LogP contribution >= 0.6 is 11.3 Å². The fourth-order valence-electron chi connectivity index (χ4n) is 4.56. The van der Waals surface area contributed by atoms with Crippen LogP contribution < -0.4 is 10.1 Å². The lowest BCUT2D eigenvalue weighted by atomic mass is 9.92. The van der Waals surface area contributed by atoms with Gasteiger partial charge in [0.25, 0.3) is 0 Å². The number of anilines is 2. The van der Waals surface area contributed by atoms with Crippen molar-refractivity contribution in [2.75, 3.05) is 19.4 Å². The molecule has 0 saturated heterocycles. The number of nitrogens with zero attached hydrogens (tertiary/aromatic N) is 5. The fraction of sp³-hybridized carbons (Fsp3) is 0.571. The Morgan fingerprint density at radius 2 is 2.00 bits per heavy atom. The van der Waals surface area contributed by atoms with Crippen molar-refractivity contribution in [3.8, 4) is 5.88 Å². The van der Waals surface area contributed by atoms with Gasteiger partial charge in [-0.1, -0.05) is 0 Å². The molecule has 0 bridgehead atoms. The predicted octanol–water partition coefficient (Wildman–Crippen LogP) is 3.91. The number of aryl methyl sites for hydroxylation is 3. The Hall–Kier alpha value is -2.19. The molecule has 0 aliphatic heterocycles. The maximum Gasteiger partial charge on any atom is 0.232 e. The maximum absolute atomic E-state index is 6.54. The number of fused-ring (bicyclic) bond motifs is 3. The van der Waals surface area contributed by atoms with Crippen LogP contribution in [0.4, 0.5) is 11.6 Å². The summed E-state index contributed by atoms with van der Waals surface area (Å²) < 4.78 is 8.31. The Morgan fingerprint density at radius 3 is 2.72 bits per heavy atom. The molecule has 0 unspecified atom stereocenters. The third-order valence-electron chi connectivity index (χ3n) is 6.14. The Kier molecular flexibility index (Phi) is 4.91. The average Bonchev–Trinajstić information content (AvgIpc) is 3.38. The summed E-state index contributed by atoms with van der Waals surface area (Å²) in [6, 6.07) is 0.661. The summed E-state index contributed by atoms with van der Waals surface area (Å²) in [6.07, 6.45) is 11.9. The second-order valence-electron chi connectivity index (χ2n) is 8.43. The largest absolute Gasteiger partial charge is 0.474 e. The van der Waals surface area contributed by atoms with E-state index in [2.05, 4.69) is 29.4 Å². The van der Waals surface area contributed by atoms with Gasteiger partial charge in [0.05, 0.1) is 17.3 Å². The number of hydrogen-bond acceptors (Lipinski definition) is 7. The van der Waals surface area contributed by atoms with Crippen molar-refractivity contribution >= 4 is 33.2 Å². The third-order valence-corrected chi connectivity index (χ3v) is 7.33. The van der Waals surface area contributed by atoms with Gasteiger partial charge in [-0.2, -0.15) is 10.1 Å². The van der Waals surface area contributed by atoms with Crippen molar-refractivity contribution in [2.45, 2.75) is 57.1 Å². The summed E-state index contributed by atoms with van der Waals surface area (Å²) in [5.41, 5.74) is 2.29. The van der Waals surface area contributed by atoms with Crippen molar-refractivity contribution in [3.63, 3.8) is 0 Å². The zero-order valence-electron chi connectivity index (χ0n) is 17.3. The zero-order chi connectivity index (χ0) is 20.0. The minimum absolute atomic E-state index is 0.229. The molecule has 2 aliphatic carbocycles. The number of aromatic nitrogens is 4. The van der Waals surface area contributed by atoms with Gasteiger partial charge in [-0.25, -0.2) is 4.98 Å². The van der Waals surface area contributed by atoms with Gasteiger partial charge in [0.1, 0.15) is 10.9 Å². The van der Waals surface area contributed by atoms with Gasteiger partial charge in [-0.3, -0.25) is 4.68 Å². The van der Waals surface area contributed by atoms with E-state index in [9.17, 15) is 0 Å². The summed E-state index contributed by atoms with van der Waals surface area (Å²) in [7, 11) is 6.24. The van der Waals surface area contributed by atoms with Crippen LogP contribution in [0, 0.1) is 0 Å². The van der Waals surface area contributed by atoms with Gasteiger partial charge in [-0.15, -0.1) is 11.3 Å². The molecule has 3 aromatic rings. The topological polar surface area (TPSA) is 68.1 Å². The molecule has 154 valence electrons. The average molecular weight is 413 g/mol. The monoisotopic (exact) mass is 412 g/mol. The molecule has 7 nitrogen and oxygen atoms in total. The van der Waals surface area contributed by atoms with Gasteiger partial charge < -0.3 is 15.0 Å². The van der Waals surface area contributed by atoms with Crippen molar-refractivity contribution in [3.05, 3.63) is 22.8 Å². The maximum atomic E-state index is 6.54. The Labute approximate surface area is 175 Å². The van der Waals surface area contributed by atoms with Crippen molar-refractivity contribution in [1.82, 2.24) is 24.6 Å².